The van der Waals surface area contributed by atoms with E-state index in [9.17, 15) is 14.4 Å². The summed E-state index contributed by atoms with van der Waals surface area (Å²) in [6.07, 6.45) is 81.3. The molecule has 0 aromatic heterocycles. The Morgan fingerprint density at radius 3 is 0.890 bits per heavy atom. The van der Waals surface area contributed by atoms with E-state index in [2.05, 4.69) is 118 Å². The van der Waals surface area contributed by atoms with Gasteiger partial charge < -0.3 is 14.2 Å². The molecule has 0 radical (unpaired) electrons. The van der Waals surface area contributed by atoms with Crippen molar-refractivity contribution < 1.29 is 28.6 Å². The quantitative estimate of drug-likeness (QED) is 0.0261. The zero-order valence-corrected chi connectivity index (χ0v) is 47.9. The first kappa shape index (κ1) is 69.3. The van der Waals surface area contributed by atoms with Crippen molar-refractivity contribution in [3.05, 3.63) is 97.2 Å². The van der Waals surface area contributed by atoms with Crippen molar-refractivity contribution in [2.45, 2.75) is 297 Å². The molecule has 6 heteroatoms. The SMILES string of the molecule is CC/C=C\C/C=C\C/C=C\C/C=C\CCCCC(=O)O[C@H](COC(=O)CCCCC/C=C\C/C=C\C/C=C\C/C=C\CCCCC)COC(=O)CCCCCCCCCCCCCCCCCCCCCCC. The summed E-state index contributed by atoms with van der Waals surface area (Å²) in [5.41, 5.74) is 0. The van der Waals surface area contributed by atoms with Gasteiger partial charge in [-0.15, -0.1) is 0 Å². The highest BCUT2D eigenvalue weighted by Crippen LogP contribution is 2.16. The zero-order chi connectivity index (χ0) is 52.9. The fraction of sp³-hybridized carbons (Fsp3) is 0.716. The highest BCUT2D eigenvalue weighted by Gasteiger charge is 2.19. The largest absolute Gasteiger partial charge is 0.462 e. The van der Waals surface area contributed by atoms with Gasteiger partial charge in [-0.05, 0) is 103 Å². The van der Waals surface area contributed by atoms with E-state index in [0.717, 1.165) is 103 Å². The summed E-state index contributed by atoms with van der Waals surface area (Å²) in [5.74, 6) is -0.969. The Bertz CT molecular complexity index is 1440. The van der Waals surface area contributed by atoms with E-state index in [-0.39, 0.29) is 37.5 Å². The summed E-state index contributed by atoms with van der Waals surface area (Å²) in [6.45, 7) is 6.46. The van der Waals surface area contributed by atoms with E-state index < -0.39 is 6.10 Å². The van der Waals surface area contributed by atoms with Crippen LogP contribution in [0.4, 0.5) is 0 Å². The molecule has 0 rings (SSSR count). The van der Waals surface area contributed by atoms with Crippen molar-refractivity contribution >= 4 is 17.9 Å². The van der Waals surface area contributed by atoms with E-state index in [1.165, 1.54) is 141 Å². The van der Waals surface area contributed by atoms with Crippen LogP contribution in [-0.2, 0) is 28.6 Å². The summed E-state index contributed by atoms with van der Waals surface area (Å²) in [6, 6.07) is 0. The van der Waals surface area contributed by atoms with E-state index >= 15 is 0 Å². The molecule has 0 aromatic rings. The third-order valence-corrected chi connectivity index (χ3v) is 13.1. The summed E-state index contributed by atoms with van der Waals surface area (Å²) < 4.78 is 16.8. The van der Waals surface area contributed by atoms with Gasteiger partial charge in [-0.1, -0.05) is 266 Å². The standard InChI is InChI=1S/C67H114O6/c1-4-7-10-13-16-19-22-25-28-30-32-33-35-37-40-42-45-48-51-54-57-60-66(69)72-63-64(73-67(70)61-58-55-52-49-46-43-38-27-24-21-18-15-12-9-6-3)62-71-65(68)59-56-53-50-47-44-41-39-36-34-31-29-26-23-20-17-14-11-8-5-2/h9,12,17-18,20-21,26-27,29,34,36,38,41,44,46,49,64H,4-8,10-11,13-16,19,22-25,28,30-33,35,37,39-40,42-43,45,47-48,50-63H2,1-3H3/b12-9-,20-17-,21-18-,29-26-,36-34-,38-27-,44-41-,49-46-/t64-/m1/s1. The van der Waals surface area contributed by atoms with Crippen LogP contribution in [0, 0.1) is 0 Å². The molecular weight excluding hydrogens is 901 g/mol. The van der Waals surface area contributed by atoms with Crippen LogP contribution in [0.15, 0.2) is 97.2 Å². The van der Waals surface area contributed by atoms with Gasteiger partial charge in [0.05, 0.1) is 0 Å². The van der Waals surface area contributed by atoms with Crippen molar-refractivity contribution in [2.24, 2.45) is 0 Å². The monoisotopic (exact) mass is 1010 g/mol. The van der Waals surface area contributed by atoms with Crippen molar-refractivity contribution in [2.75, 3.05) is 13.2 Å². The predicted molar refractivity (Wildman–Crippen MR) is 316 cm³/mol. The molecule has 0 saturated heterocycles. The number of carbonyl (C=O) groups excluding carboxylic acids is 3. The second kappa shape index (κ2) is 60.9. The van der Waals surface area contributed by atoms with Crippen LogP contribution < -0.4 is 0 Å². The molecule has 0 aromatic carbocycles. The van der Waals surface area contributed by atoms with Gasteiger partial charge >= 0.3 is 17.9 Å². The lowest BCUT2D eigenvalue weighted by molar-refractivity contribution is -0.167. The number of rotatable bonds is 55. The lowest BCUT2D eigenvalue weighted by atomic mass is 10.0. The summed E-state index contributed by atoms with van der Waals surface area (Å²) in [7, 11) is 0. The molecule has 1 atom stereocenters. The maximum absolute atomic E-state index is 12.9. The molecule has 6 nitrogen and oxygen atoms in total. The lowest BCUT2D eigenvalue weighted by Gasteiger charge is -2.18. The molecule has 0 aliphatic rings. The highest BCUT2D eigenvalue weighted by molar-refractivity contribution is 5.71. The minimum atomic E-state index is -0.813. The molecule has 0 amide bonds. The van der Waals surface area contributed by atoms with Crippen LogP contribution in [0.3, 0.4) is 0 Å². The molecule has 0 unspecified atom stereocenters. The van der Waals surface area contributed by atoms with Gasteiger partial charge in [-0.25, -0.2) is 0 Å². The minimum Gasteiger partial charge on any atom is -0.462 e. The van der Waals surface area contributed by atoms with Crippen LogP contribution in [0.5, 0.6) is 0 Å². The Hall–Kier alpha value is -3.67. The maximum Gasteiger partial charge on any atom is 0.306 e. The topological polar surface area (TPSA) is 78.9 Å². The van der Waals surface area contributed by atoms with Crippen molar-refractivity contribution in [3.8, 4) is 0 Å². The van der Waals surface area contributed by atoms with Gasteiger partial charge in [0.2, 0.25) is 0 Å². The third-order valence-electron chi connectivity index (χ3n) is 13.1. The minimum absolute atomic E-state index is 0.103. The van der Waals surface area contributed by atoms with Crippen molar-refractivity contribution in [1.82, 2.24) is 0 Å². The molecule has 418 valence electrons. The van der Waals surface area contributed by atoms with Crippen LogP contribution in [0.1, 0.15) is 290 Å². The second-order valence-corrected chi connectivity index (χ2v) is 20.2. The summed E-state index contributed by atoms with van der Waals surface area (Å²) >= 11 is 0. The number of hydrogen-bond donors (Lipinski definition) is 0. The van der Waals surface area contributed by atoms with E-state index in [1.54, 1.807) is 0 Å². The summed E-state index contributed by atoms with van der Waals surface area (Å²) in [5, 5.41) is 0. The molecule has 0 bridgehead atoms. The molecular formula is C67H114O6. The van der Waals surface area contributed by atoms with E-state index in [4.69, 9.17) is 14.2 Å². The number of carbonyl (C=O) groups is 3. The smallest absolute Gasteiger partial charge is 0.306 e. The number of esters is 3. The van der Waals surface area contributed by atoms with Gasteiger partial charge in [-0.2, -0.15) is 0 Å². The first-order valence-corrected chi connectivity index (χ1v) is 30.7. The molecule has 0 aliphatic heterocycles. The maximum atomic E-state index is 12.9. The molecule has 0 fully saturated rings. The Labute approximate surface area is 451 Å². The first-order chi connectivity index (χ1) is 36.0. The fourth-order valence-electron chi connectivity index (χ4n) is 8.48. The number of ether oxygens (including phenoxy) is 3. The molecule has 73 heavy (non-hydrogen) atoms. The van der Waals surface area contributed by atoms with Gasteiger partial charge in [0.25, 0.3) is 0 Å². The van der Waals surface area contributed by atoms with E-state index in [0.29, 0.717) is 19.3 Å². The Morgan fingerprint density at radius 2 is 0.534 bits per heavy atom. The molecule has 0 N–H and O–H groups in total. The van der Waals surface area contributed by atoms with Crippen LogP contribution in [0.25, 0.3) is 0 Å². The molecule has 0 aliphatic carbocycles. The predicted octanol–water partition coefficient (Wildman–Crippen LogP) is 20.9. The molecule has 0 spiro atoms. The van der Waals surface area contributed by atoms with Gasteiger partial charge in [0.15, 0.2) is 6.10 Å². The van der Waals surface area contributed by atoms with Crippen LogP contribution in [0.2, 0.25) is 0 Å². The Kier molecular flexibility index (Phi) is 57.8. The average Bonchev–Trinajstić information content (AvgIpc) is 3.39. The third kappa shape index (κ3) is 59.1. The summed E-state index contributed by atoms with van der Waals surface area (Å²) in [4.78, 5) is 38.2. The van der Waals surface area contributed by atoms with Gasteiger partial charge in [0, 0.05) is 19.3 Å². The lowest BCUT2D eigenvalue weighted by Crippen LogP contribution is -2.30. The van der Waals surface area contributed by atoms with Crippen LogP contribution in [-0.4, -0.2) is 37.2 Å². The van der Waals surface area contributed by atoms with Gasteiger partial charge in [0.1, 0.15) is 13.2 Å². The molecule has 0 heterocycles. The first-order valence-electron chi connectivity index (χ1n) is 30.7. The number of unbranched alkanes of at least 4 members (excludes halogenated alkanes) is 28. The normalized spacial score (nSPS) is 12.8. The average molecular weight is 1020 g/mol. The fourth-order valence-corrected chi connectivity index (χ4v) is 8.48. The Morgan fingerprint density at radius 1 is 0.288 bits per heavy atom. The van der Waals surface area contributed by atoms with Crippen LogP contribution >= 0.6 is 0 Å². The number of hydrogen-bond acceptors (Lipinski definition) is 6. The highest BCUT2D eigenvalue weighted by atomic mass is 16.6. The van der Waals surface area contributed by atoms with Crippen molar-refractivity contribution in [1.29, 1.82) is 0 Å². The Balaban J connectivity index is 4.44. The zero-order valence-electron chi connectivity index (χ0n) is 47.9. The molecule has 0 saturated carbocycles. The van der Waals surface area contributed by atoms with Crippen molar-refractivity contribution in [3.63, 3.8) is 0 Å². The van der Waals surface area contributed by atoms with Gasteiger partial charge in [-0.3, -0.25) is 14.4 Å². The number of allylic oxidation sites excluding steroid dienone is 16. The second-order valence-electron chi connectivity index (χ2n) is 20.2. The van der Waals surface area contributed by atoms with E-state index in [1.807, 2.05) is 0 Å².